The molecule has 1 aliphatic heterocycles. The molecule has 0 radical (unpaired) electrons. The highest BCUT2D eigenvalue weighted by Gasteiger charge is 2.24. The van der Waals surface area contributed by atoms with Crippen LogP contribution in [0.4, 0.5) is 0 Å². The molecule has 1 atom stereocenters. The van der Waals surface area contributed by atoms with Gasteiger partial charge < -0.3 is 9.88 Å². The van der Waals surface area contributed by atoms with Gasteiger partial charge in [-0.2, -0.15) is 0 Å². The summed E-state index contributed by atoms with van der Waals surface area (Å²) in [5.41, 5.74) is 4.31. The fourth-order valence-electron chi connectivity index (χ4n) is 4.70. The SMILES string of the molecule is O=C(c1c[nH]c2ccccc12)[C@H](NCc1ccc(C(=O)N2CCCCC2)cc1)c1ccccc1. The highest BCUT2D eigenvalue weighted by Crippen LogP contribution is 2.25. The second kappa shape index (κ2) is 10.1. The molecule has 4 aromatic rings. The number of nitrogens with zero attached hydrogens (tertiary/aromatic N) is 1. The van der Waals surface area contributed by atoms with E-state index in [9.17, 15) is 9.59 Å². The van der Waals surface area contributed by atoms with Gasteiger partial charge in [0.25, 0.3) is 5.91 Å². The summed E-state index contributed by atoms with van der Waals surface area (Å²) in [5.74, 6) is 0.136. The van der Waals surface area contributed by atoms with Crippen LogP contribution in [0.25, 0.3) is 10.9 Å². The summed E-state index contributed by atoms with van der Waals surface area (Å²) in [5, 5.41) is 4.39. The number of H-pyrrole nitrogens is 1. The topological polar surface area (TPSA) is 65.2 Å². The number of Topliss-reactive ketones (excluding diaryl/α,β-unsaturated/α-hetero) is 1. The largest absolute Gasteiger partial charge is 0.360 e. The van der Waals surface area contributed by atoms with E-state index in [1.54, 1.807) is 6.20 Å². The number of piperidine rings is 1. The minimum absolute atomic E-state index is 0.0283. The van der Waals surface area contributed by atoms with Crippen molar-refractivity contribution in [3.8, 4) is 0 Å². The van der Waals surface area contributed by atoms with E-state index < -0.39 is 6.04 Å². The van der Waals surface area contributed by atoms with Crippen LogP contribution in [-0.2, 0) is 6.54 Å². The van der Waals surface area contributed by atoms with E-state index in [-0.39, 0.29) is 11.7 Å². The van der Waals surface area contributed by atoms with Gasteiger partial charge in [-0.15, -0.1) is 0 Å². The lowest BCUT2D eigenvalue weighted by Gasteiger charge is -2.26. The van der Waals surface area contributed by atoms with E-state index in [1.807, 2.05) is 83.8 Å². The number of fused-ring (bicyclic) bond motifs is 1. The van der Waals surface area contributed by atoms with E-state index >= 15 is 0 Å². The van der Waals surface area contributed by atoms with Crippen molar-refractivity contribution in [2.45, 2.75) is 31.8 Å². The molecule has 0 spiro atoms. The number of nitrogens with one attached hydrogen (secondary N) is 2. The van der Waals surface area contributed by atoms with Gasteiger partial charge >= 0.3 is 0 Å². The standard InChI is InChI=1S/C29H29N3O2/c33-28(25-20-30-26-12-6-5-11-24(25)26)27(22-9-3-1-4-10-22)31-19-21-13-15-23(16-14-21)29(34)32-17-7-2-8-18-32/h1,3-6,9-16,20,27,30-31H,2,7-8,17-19H2/t27-/m1/s1. The van der Waals surface area contributed by atoms with Crippen molar-refractivity contribution in [2.75, 3.05) is 13.1 Å². The van der Waals surface area contributed by atoms with Crippen LogP contribution in [0.3, 0.4) is 0 Å². The van der Waals surface area contributed by atoms with E-state index in [1.165, 1.54) is 6.42 Å². The molecular formula is C29H29N3O2. The number of ketones is 1. The Bertz CT molecular complexity index is 1270. The maximum Gasteiger partial charge on any atom is 0.253 e. The first-order chi connectivity index (χ1) is 16.7. The molecule has 172 valence electrons. The zero-order valence-electron chi connectivity index (χ0n) is 19.2. The molecule has 0 saturated carbocycles. The van der Waals surface area contributed by atoms with Crippen molar-refractivity contribution in [3.05, 3.63) is 107 Å². The minimum Gasteiger partial charge on any atom is -0.360 e. The average molecular weight is 452 g/mol. The Kier molecular flexibility index (Phi) is 6.54. The summed E-state index contributed by atoms with van der Waals surface area (Å²) in [6, 6.07) is 24.9. The van der Waals surface area contributed by atoms with E-state index in [0.717, 1.165) is 53.5 Å². The van der Waals surface area contributed by atoms with Gasteiger partial charge in [-0.25, -0.2) is 0 Å². The molecule has 5 heteroatoms. The van der Waals surface area contributed by atoms with Gasteiger partial charge in [-0.1, -0.05) is 60.7 Å². The molecule has 2 N–H and O–H groups in total. The summed E-state index contributed by atoms with van der Waals surface area (Å²) >= 11 is 0. The van der Waals surface area contributed by atoms with Crippen molar-refractivity contribution in [2.24, 2.45) is 0 Å². The van der Waals surface area contributed by atoms with Crippen molar-refractivity contribution >= 4 is 22.6 Å². The number of para-hydroxylation sites is 1. The summed E-state index contributed by atoms with van der Waals surface area (Å²) in [7, 11) is 0. The van der Waals surface area contributed by atoms with Gasteiger partial charge in [-0.3, -0.25) is 14.9 Å². The number of rotatable bonds is 7. The van der Waals surface area contributed by atoms with Crippen molar-refractivity contribution in [1.29, 1.82) is 0 Å². The van der Waals surface area contributed by atoms with Gasteiger partial charge in [0.05, 0.1) is 6.04 Å². The quantitative estimate of drug-likeness (QED) is 0.364. The Labute approximate surface area is 199 Å². The molecule has 1 aromatic heterocycles. The van der Waals surface area contributed by atoms with E-state index in [4.69, 9.17) is 0 Å². The van der Waals surface area contributed by atoms with E-state index in [2.05, 4.69) is 10.3 Å². The molecule has 1 amide bonds. The molecule has 1 fully saturated rings. The summed E-state index contributed by atoms with van der Waals surface area (Å²) in [6.45, 7) is 2.21. The third-order valence-electron chi connectivity index (χ3n) is 6.60. The van der Waals surface area contributed by atoms with Crippen LogP contribution < -0.4 is 5.32 Å². The fourth-order valence-corrected chi connectivity index (χ4v) is 4.70. The Morgan fingerprint density at radius 2 is 1.56 bits per heavy atom. The second-order valence-corrected chi connectivity index (χ2v) is 8.89. The predicted molar refractivity (Wildman–Crippen MR) is 135 cm³/mol. The number of carbonyl (C=O) groups excluding carboxylic acids is 2. The van der Waals surface area contributed by atoms with Gasteiger partial charge in [0.2, 0.25) is 0 Å². The molecular weight excluding hydrogens is 422 g/mol. The lowest BCUT2D eigenvalue weighted by molar-refractivity contribution is 0.0724. The highest BCUT2D eigenvalue weighted by atomic mass is 16.2. The Hall–Kier alpha value is -3.70. The first-order valence-corrected chi connectivity index (χ1v) is 12.0. The number of carbonyl (C=O) groups is 2. The molecule has 5 nitrogen and oxygen atoms in total. The lowest BCUT2D eigenvalue weighted by Crippen LogP contribution is -2.35. The van der Waals surface area contributed by atoms with Crippen LogP contribution in [-0.4, -0.2) is 34.7 Å². The third kappa shape index (κ3) is 4.66. The molecule has 34 heavy (non-hydrogen) atoms. The molecule has 0 unspecified atom stereocenters. The third-order valence-corrected chi connectivity index (χ3v) is 6.60. The Morgan fingerprint density at radius 1 is 0.853 bits per heavy atom. The molecule has 5 rings (SSSR count). The van der Waals surface area contributed by atoms with Crippen LogP contribution in [0, 0.1) is 0 Å². The minimum atomic E-state index is -0.477. The van der Waals surface area contributed by atoms with Crippen molar-refractivity contribution in [1.82, 2.24) is 15.2 Å². The van der Waals surface area contributed by atoms with Crippen LogP contribution in [0.2, 0.25) is 0 Å². The molecule has 0 aliphatic carbocycles. The highest BCUT2D eigenvalue weighted by molar-refractivity contribution is 6.10. The van der Waals surface area contributed by atoms with Gasteiger partial charge in [0.15, 0.2) is 5.78 Å². The van der Waals surface area contributed by atoms with Gasteiger partial charge in [0.1, 0.15) is 0 Å². The van der Waals surface area contributed by atoms with Crippen molar-refractivity contribution in [3.63, 3.8) is 0 Å². The molecule has 3 aromatic carbocycles. The van der Waals surface area contributed by atoms with Gasteiger partial charge in [-0.05, 0) is 48.6 Å². The van der Waals surface area contributed by atoms with Crippen LogP contribution >= 0.6 is 0 Å². The molecule has 2 heterocycles. The van der Waals surface area contributed by atoms with Crippen LogP contribution in [0.5, 0.6) is 0 Å². The average Bonchev–Trinajstić information content (AvgIpc) is 3.34. The first-order valence-electron chi connectivity index (χ1n) is 12.0. The number of hydrogen-bond acceptors (Lipinski definition) is 3. The van der Waals surface area contributed by atoms with Crippen molar-refractivity contribution < 1.29 is 9.59 Å². The maximum absolute atomic E-state index is 13.6. The lowest BCUT2D eigenvalue weighted by atomic mass is 9.96. The first kappa shape index (κ1) is 22.1. The predicted octanol–water partition coefficient (Wildman–Crippen LogP) is 5.51. The molecule has 1 saturated heterocycles. The summed E-state index contributed by atoms with van der Waals surface area (Å²) < 4.78 is 0. The number of aromatic nitrogens is 1. The zero-order valence-corrected chi connectivity index (χ0v) is 19.2. The number of hydrogen-bond donors (Lipinski definition) is 2. The van der Waals surface area contributed by atoms with Gasteiger partial charge in [0, 0.05) is 47.9 Å². The Morgan fingerprint density at radius 3 is 2.32 bits per heavy atom. The monoisotopic (exact) mass is 451 g/mol. The van der Waals surface area contributed by atoms with E-state index in [0.29, 0.717) is 12.1 Å². The smallest absolute Gasteiger partial charge is 0.253 e. The maximum atomic E-state index is 13.6. The number of amides is 1. The number of likely N-dealkylation sites (tertiary alicyclic amines) is 1. The normalized spacial score (nSPS) is 14.8. The molecule has 1 aliphatic rings. The summed E-state index contributed by atoms with van der Waals surface area (Å²) in [6.07, 6.45) is 5.16. The number of benzene rings is 3. The van der Waals surface area contributed by atoms with Crippen LogP contribution in [0.1, 0.15) is 57.1 Å². The Balaban J connectivity index is 1.33. The fraction of sp³-hybridized carbons (Fsp3) is 0.241. The molecule has 0 bridgehead atoms. The zero-order chi connectivity index (χ0) is 23.3. The number of aromatic amines is 1. The summed E-state index contributed by atoms with van der Waals surface area (Å²) in [4.78, 5) is 31.5. The second-order valence-electron chi connectivity index (χ2n) is 8.89. The van der Waals surface area contributed by atoms with Crippen LogP contribution in [0.15, 0.2) is 85.1 Å².